The van der Waals surface area contributed by atoms with Gasteiger partial charge in [0, 0.05) is 11.3 Å². The van der Waals surface area contributed by atoms with E-state index in [1.165, 1.54) is 11.8 Å². The third kappa shape index (κ3) is 3.43. The summed E-state index contributed by atoms with van der Waals surface area (Å²) in [5.41, 5.74) is 0. The summed E-state index contributed by atoms with van der Waals surface area (Å²) in [5.74, 6) is -4.14. The number of thioether (sulfide) groups is 1. The van der Waals surface area contributed by atoms with Crippen molar-refractivity contribution in [3.8, 4) is 0 Å². The molecule has 4 fully saturated rings. The number of likely N-dealkylation sites (tertiary alicyclic amines) is 1. The van der Waals surface area contributed by atoms with Crippen LogP contribution in [0.4, 0.5) is 8.78 Å². The molecule has 0 radical (unpaired) electrons. The van der Waals surface area contributed by atoms with Crippen LogP contribution in [0.3, 0.4) is 0 Å². The van der Waals surface area contributed by atoms with Crippen LogP contribution < -0.4 is 0 Å². The van der Waals surface area contributed by atoms with E-state index in [2.05, 4.69) is 0 Å². The van der Waals surface area contributed by atoms with Crippen LogP contribution in [0.15, 0.2) is 0 Å². The highest BCUT2D eigenvalue weighted by atomic mass is 32.2. The van der Waals surface area contributed by atoms with Gasteiger partial charge in [-0.25, -0.2) is 0 Å². The molecule has 1 N–H and O–H groups in total. The highest BCUT2D eigenvalue weighted by Crippen LogP contribution is 2.60. The third-order valence-corrected chi connectivity index (χ3v) is 9.15. The van der Waals surface area contributed by atoms with Crippen LogP contribution in [0.1, 0.15) is 33.6 Å². The molecule has 7 atom stereocenters. The highest BCUT2D eigenvalue weighted by Gasteiger charge is 2.72. The molecule has 0 spiro atoms. The summed E-state index contributed by atoms with van der Waals surface area (Å²) in [6, 6.07) is -0.653. The molecule has 3 heterocycles. The van der Waals surface area contributed by atoms with Crippen molar-refractivity contribution in [3.63, 3.8) is 0 Å². The maximum atomic E-state index is 13.9. The molecule has 13 heteroatoms. The molecule has 0 aromatic heterocycles. The van der Waals surface area contributed by atoms with Gasteiger partial charge in [-0.15, -0.1) is 11.8 Å². The standard InChI is InChI=1S/C18H23F2NO8S2/c1-6(2)21-11-12(29-16(23)8-4-5-8)14-10(9(15(21)22)13(11)30-14)17(24)28-7(3)18(19,20)31(25,26)27/h6-14H,4-5H2,1-3H3,(H,25,26,27). The molecule has 174 valence electrons. The molecule has 0 aromatic carbocycles. The molecule has 9 nitrogen and oxygen atoms in total. The Morgan fingerprint density at radius 1 is 1.19 bits per heavy atom. The topological polar surface area (TPSA) is 127 Å². The number of hydrogen-bond donors (Lipinski definition) is 1. The zero-order valence-corrected chi connectivity index (χ0v) is 18.6. The number of rotatable bonds is 7. The summed E-state index contributed by atoms with van der Waals surface area (Å²) >= 11 is 1.30. The van der Waals surface area contributed by atoms with Gasteiger partial charge < -0.3 is 14.4 Å². The number of alkyl halides is 2. The maximum absolute atomic E-state index is 13.9. The predicted molar refractivity (Wildman–Crippen MR) is 103 cm³/mol. The Morgan fingerprint density at radius 3 is 2.32 bits per heavy atom. The minimum Gasteiger partial charge on any atom is -0.459 e. The predicted octanol–water partition coefficient (Wildman–Crippen LogP) is 1.07. The molecule has 0 aromatic rings. The van der Waals surface area contributed by atoms with Crippen molar-refractivity contribution in [2.75, 3.05) is 0 Å². The Labute approximate surface area is 181 Å². The lowest BCUT2D eigenvalue weighted by Gasteiger charge is -2.34. The van der Waals surface area contributed by atoms with Crippen LogP contribution in [0.5, 0.6) is 0 Å². The quantitative estimate of drug-likeness (QED) is 0.418. The van der Waals surface area contributed by atoms with E-state index < -0.39 is 62.6 Å². The third-order valence-electron chi connectivity index (χ3n) is 6.37. The first-order valence-corrected chi connectivity index (χ1v) is 12.4. The number of fused-ring (bicyclic) bond motifs is 1. The average Bonchev–Trinajstić information content (AvgIpc) is 3.29. The van der Waals surface area contributed by atoms with E-state index in [0.29, 0.717) is 19.8 Å². The fraction of sp³-hybridized carbons (Fsp3) is 0.833. The van der Waals surface area contributed by atoms with Gasteiger partial charge in [-0.05, 0) is 33.6 Å². The van der Waals surface area contributed by atoms with Crippen molar-refractivity contribution >= 4 is 39.7 Å². The van der Waals surface area contributed by atoms with Crippen molar-refractivity contribution in [2.45, 2.75) is 73.7 Å². The molecule has 1 amide bonds. The Kier molecular flexibility index (Phi) is 5.33. The van der Waals surface area contributed by atoms with Crippen LogP contribution in [-0.4, -0.2) is 75.8 Å². The fourth-order valence-electron chi connectivity index (χ4n) is 4.74. The summed E-state index contributed by atoms with van der Waals surface area (Å²) in [7, 11) is -5.81. The molecule has 3 aliphatic heterocycles. The number of nitrogens with zero attached hydrogens (tertiary/aromatic N) is 1. The number of esters is 2. The average molecular weight is 484 g/mol. The second-order valence-corrected chi connectivity index (χ2v) is 11.6. The Morgan fingerprint density at radius 2 is 1.81 bits per heavy atom. The van der Waals surface area contributed by atoms with Crippen molar-refractivity contribution in [1.29, 1.82) is 0 Å². The summed E-state index contributed by atoms with van der Waals surface area (Å²) in [4.78, 5) is 39.8. The van der Waals surface area contributed by atoms with Gasteiger partial charge in [0.25, 0.3) is 0 Å². The normalized spacial score (nSPS) is 35.6. The van der Waals surface area contributed by atoms with Crippen LogP contribution in [-0.2, 0) is 34.0 Å². The van der Waals surface area contributed by atoms with Gasteiger partial charge >= 0.3 is 27.3 Å². The molecule has 4 aliphatic rings. The lowest BCUT2D eigenvalue weighted by molar-refractivity contribution is -0.170. The van der Waals surface area contributed by atoms with E-state index in [-0.39, 0.29) is 23.1 Å². The van der Waals surface area contributed by atoms with Gasteiger partial charge in [-0.1, -0.05) is 0 Å². The van der Waals surface area contributed by atoms with E-state index in [9.17, 15) is 31.6 Å². The number of carbonyl (C=O) groups is 3. The van der Waals surface area contributed by atoms with E-state index in [1.54, 1.807) is 18.7 Å². The molecular formula is C18H23F2NO8S2. The summed E-state index contributed by atoms with van der Waals surface area (Å²) < 4.78 is 68.8. The van der Waals surface area contributed by atoms with Crippen molar-refractivity contribution < 1.29 is 45.6 Å². The molecule has 1 saturated carbocycles. The molecule has 1 aliphatic carbocycles. The Hall–Kier alpha value is -1.47. The zero-order chi connectivity index (χ0) is 23.0. The maximum Gasteiger partial charge on any atom is 0.405 e. The van der Waals surface area contributed by atoms with Crippen LogP contribution in [0.2, 0.25) is 0 Å². The van der Waals surface area contributed by atoms with Gasteiger partial charge in [-0.2, -0.15) is 17.2 Å². The molecule has 4 rings (SSSR count). The first kappa shape index (κ1) is 22.7. The van der Waals surface area contributed by atoms with Gasteiger partial charge in [0.15, 0.2) is 6.10 Å². The van der Waals surface area contributed by atoms with E-state index in [4.69, 9.17) is 14.0 Å². The van der Waals surface area contributed by atoms with Crippen LogP contribution >= 0.6 is 11.8 Å². The van der Waals surface area contributed by atoms with Gasteiger partial charge in [0.05, 0.1) is 29.0 Å². The number of halogens is 2. The summed E-state index contributed by atoms with van der Waals surface area (Å²) in [5, 5.41) is -5.75. The molecule has 3 saturated heterocycles. The van der Waals surface area contributed by atoms with E-state index in [0.717, 1.165) is 0 Å². The minimum atomic E-state index is -5.81. The molecular weight excluding hydrogens is 460 g/mol. The summed E-state index contributed by atoms with van der Waals surface area (Å²) in [6.07, 6.45) is -1.84. The Balaban J connectivity index is 1.60. The number of ether oxygens (including phenoxy) is 2. The minimum absolute atomic E-state index is 0.205. The van der Waals surface area contributed by atoms with E-state index >= 15 is 0 Å². The van der Waals surface area contributed by atoms with Crippen LogP contribution in [0, 0.1) is 17.8 Å². The highest BCUT2D eigenvalue weighted by molar-refractivity contribution is 8.01. The largest absolute Gasteiger partial charge is 0.459 e. The number of carbonyl (C=O) groups excluding carboxylic acids is 3. The van der Waals surface area contributed by atoms with Crippen molar-refractivity contribution in [2.24, 2.45) is 17.8 Å². The first-order chi connectivity index (χ1) is 14.3. The van der Waals surface area contributed by atoms with Gasteiger partial charge in [-0.3, -0.25) is 18.9 Å². The fourth-order valence-corrected chi connectivity index (χ4v) is 7.30. The molecule has 31 heavy (non-hydrogen) atoms. The van der Waals surface area contributed by atoms with Crippen molar-refractivity contribution in [1.82, 2.24) is 4.90 Å². The SMILES string of the molecule is CC(C)N1C(=O)C2C3SC(C(OC(=O)C4CC4)C31)C2C(=O)OC(C)C(F)(F)S(=O)(=O)O. The lowest BCUT2D eigenvalue weighted by Crippen LogP contribution is -2.52. The van der Waals surface area contributed by atoms with Crippen LogP contribution in [0.25, 0.3) is 0 Å². The van der Waals surface area contributed by atoms with Crippen molar-refractivity contribution in [3.05, 3.63) is 0 Å². The first-order valence-electron chi connectivity index (χ1n) is 10.0. The Bertz CT molecular complexity index is 922. The smallest absolute Gasteiger partial charge is 0.405 e. The molecule has 7 unspecified atom stereocenters. The van der Waals surface area contributed by atoms with E-state index in [1.807, 2.05) is 0 Å². The second-order valence-electron chi connectivity index (χ2n) is 8.74. The monoisotopic (exact) mass is 483 g/mol. The second kappa shape index (κ2) is 7.27. The van der Waals surface area contributed by atoms with Gasteiger partial charge in [0.2, 0.25) is 5.91 Å². The number of amides is 1. The summed E-state index contributed by atoms with van der Waals surface area (Å²) in [6.45, 7) is 4.24. The van der Waals surface area contributed by atoms with Gasteiger partial charge in [0.1, 0.15) is 6.10 Å². The number of hydrogen-bond acceptors (Lipinski definition) is 8. The molecule has 2 bridgehead atoms. The zero-order valence-electron chi connectivity index (χ0n) is 16.9. The lowest BCUT2D eigenvalue weighted by atomic mass is 9.78.